The highest BCUT2D eigenvalue weighted by atomic mass is 32.2. The van der Waals surface area contributed by atoms with Gasteiger partial charge in [-0.2, -0.15) is 0 Å². The number of amides is 2. The molecule has 38 heavy (non-hydrogen) atoms. The van der Waals surface area contributed by atoms with Crippen LogP contribution in [0.15, 0.2) is 78.9 Å². The van der Waals surface area contributed by atoms with E-state index < -0.39 is 28.5 Å². The molecule has 0 fully saturated rings. The van der Waals surface area contributed by atoms with Gasteiger partial charge in [-0.3, -0.25) is 13.9 Å². The maximum atomic E-state index is 14.0. The second-order valence-electron chi connectivity index (χ2n) is 9.05. The van der Waals surface area contributed by atoms with Crippen LogP contribution in [0.3, 0.4) is 0 Å². The Hall–Kier alpha value is -3.85. The molecule has 0 aliphatic carbocycles. The molecule has 202 valence electrons. The number of hydrogen-bond donors (Lipinski definition) is 1. The van der Waals surface area contributed by atoms with Gasteiger partial charge in [-0.1, -0.05) is 72.3 Å². The third-order valence-corrected chi connectivity index (χ3v) is 7.22. The molecule has 3 aromatic carbocycles. The molecule has 1 N–H and O–H groups in total. The van der Waals surface area contributed by atoms with Gasteiger partial charge in [-0.25, -0.2) is 8.42 Å². The summed E-state index contributed by atoms with van der Waals surface area (Å²) in [6.07, 6.45) is 1.32. The van der Waals surface area contributed by atoms with Crippen LogP contribution in [0.1, 0.15) is 23.6 Å². The van der Waals surface area contributed by atoms with Crippen LogP contribution in [0.5, 0.6) is 5.75 Å². The number of benzene rings is 3. The molecule has 0 saturated carbocycles. The number of sulfonamides is 1. The minimum atomic E-state index is -3.87. The van der Waals surface area contributed by atoms with Gasteiger partial charge < -0.3 is 15.0 Å². The van der Waals surface area contributed by atoms with Crippen molar-refractivity contribution in [2.75, 3.05) is 30.8 Å². The molecule has 0 radical (unpaired) electrons. The summed E-state index contributed by atoms with van der Waals surface area (Å²) in [5, 5.41) is 2.85. The fraction of sp³-hybridized carbons (Fsp3) is 0.310. The van der Waals surface area contributed by atoms with E-state index in [1.807, 2.05) is 68.4 Å². The minimum Gasteiger partial charge on any atom is -0.495 e. The molecule has 3 aromatic rings. The van der Waals surface area contributed by atoms with E-state index in [-0.39, 0.29) is 24.6 Å². The van der Waals surface area contributed by atoms with Crippen LogP contribution in [-0.2, 0) is 32.6 Å². The highest BCUT2D eigenvalue weighted by Crippen LogP contribution is 2.30. The molecule has 0 aliphatic heterocycles. The molecule has 0 aliphatic rings. The summed E-state index contributed by atoms with van der Waals surface area (Å²) in [5.74, 6) is -0.490. The number of likely N-dealkylation sites (N-methyl/N-ethyl adjacent to an activating group) is 1. The molecular formula is C29H35N3O5S. The molecule has 0 spiro atoms. The number of para-hydroxylation sites is 2. The highest BCUT2D eigenvalue weighted by Gasteiger charge is 2.33. The maximum absolute atomic E-state index is 14.0. The Morgan fingerprint density at radius 1 is 0.947 bits per heavy atom. The first-order valence-corrected chi connectivity index (χ1v) is 14.3. The van der Waals surface area contributed by atoms with E-state index in [0.29, 0.717) is 12.3 Å². The van der Waals surface area contributed by atoms with E-state index in [1.165, 1.54) is 12.0 Å². The molecular weight excluding hydrogens is 502 g/mol. The Morgan fingerprint density at radius 3 is 2.24 bits per heavy atom. The molecule has 1 unspecified atom stereocenters. The first-order chi connectivity index (χ1) is 18.1. The third kappa shape index (κ3) is 7.58. The normalized spacial score (nSPS) is 11.9. The van der Waals surface area contributed by atoms with Gasteiger partial charge in [0.05, 0.1) is 19.1 Å². The highest BCUT2D eigenvalue weighted by molar-refractivity contribution is 7.92. The number of anilines is 1. The van der Waals surface area contributed by atoms with Crippen LogP contribution in [0.2, 0.25) is 0 Å². The van der Waals surface area contributed by atoms with Crippen molar-refractivity contribution in [1.29, 1.82) is 0 Å². The lowest BCUT2D eigenvalue weighted by atomic mass is 10.0. The molecule has 1 atom stereocenters. The van der Waals surface area contributed by atoms with Gasteiger partial charge >= 0.3 is 0 Å². The van der Waals surface area contributed by atoms with Crippen molar-refractivity contribution in [3.8, 4) is 5.75 Å². The quantitative estimate of drug-likeness (QED) is 0.381. The van der Waals surface area contributed by atoms with Crippen LogP contribution in [-0.4, -0.2) is 57.6 Å². The summed E-state index contributed by atoms with van der Waals surface area (Å²) in [7, 11) is -2.43. The fourth-order valence-corrected chi connectivity index (χ4v) is 5.14. The van der Waals surface area contributed by atoms with E-state index in [2.05, 4.69) is 5.32 Å². The Balaban J connectivity index is 2.06. The SMILES string of the molecule is CCNC(=O)C(Cc1ccccc1)N(Cc1cccc(C)c1)C(=O)CN(c1ccccc1OC)S(C)(=O)=O. The van der Waals surface area contributed by atoms with E-state index in [0.717, 1.165) is 27.3 Å². The van der Waals surface area contributed by atoms with Gasteiger partial charge in [0, 0.05) is 19.5 Å². The lowest BCUT2D eigenvalue weighted by molar-refractivity contribution is -0.140. The zero-order valence-electron chi connectivity index (χ0n) is 22.3. The van der Waals surface area contributed by atoms with Crippen LogP contribution in [0.25, 0.3) is 0 Å². The largest absolute Gasteiger partial charge is 0.495 e. The Kier molecular flexibility index (Phi) is 9.90. The van der Waals surface area contributed by atoms with Gasteiger partial charge in [-0.05, 0) is 37.1 Å². The Morgan fingerprint density at radius 2 is 1.61 bits per heavy atom. The Labute approximate surface area is 225 Å². The zero-order valence-corrected chi connectivity index (χ0v) is 23.1. The third-order valence-electron chi connectivity index (χ3n) is 6.09. The van der Waals surface area contributed by atoms with E-state index in [1.54, 1.807) is 24.3 Å². The smallest absolute Gasteiger partial charge is 0.244 e. The van der Waals surface area contributed by atoms with E-state index in [9.17, 15) is 18.0 Å². The van der Waals surface area contributed by atoms with Crippen LogP contribution < -0.4 is 14.4 Å². The number of carbonyl (C=O) groups is 2. The average Bonchev–Trinajstić information content (AvgIpc) is 2.89. The first-order valence-electron chi connectivity index (χ1n) is 12.4. The summed E-state index contributed by atoms with van der Waals surface area (Å²) in [6, 6.07) is 22.9. The summed E-state index contributed by atoms with van der Waals surface area (Å²) >= 11 is 0. The van der Waals surface area contributed by atoms with Gasteiger partial charge in [0.15, 0.2) is 0 Å². The van der Waals surface area contributed by atoms with Crippen LogP contribution in [0.4, 0.5) is 5.69 Å². The maximum Gasteiger partial charge on any atom is 0.244 e. The van der Waals surface area contributed by atoms with Crippen molar-refractivity contribution in [2.45, 2.75) is 32.9 Å². The van der Waals surface area contributed by atoms with Gasteiger partial charge in [0.2, 0.25) is 21.8 Å². The number of nitrogens with zero attached hydrogens (tertiary/aromatic N) is 2. The van der Waals surface area contributed by atoms with Crippen molar-refractivity contribution in [1.82, 2.24) is 10.2 Å². The van der Waals surface area contributed by atoms with E-state index >= 15 is 0 Å². The average molecular weight is 538 g/mol. The predicted octanol–water partition coefficient (Wildman–Crippen LogP) is 3.55. The van der Waals surface area contributed by atoms with Crippen molar-refractivity contribution < 1.29 is 22.7 Å². The molecule has 9 heteroatoms. The predicted molar refractivity (Wildman–Crippen MR) is 150 cm³/mol. The summed E-state index contributed by atoms with van der Waals surface area (Å²) in [5.41, 5.74) is 2.98. The first kappa shape index (κ1) is 28.7. The number of rotatable bonds is 12. The number of methoxy groups -OCH3 is 1. The van der Waals surface area contributed by atoms with Crippen LogP contribution in [0, 0.1) is 6.92 Å². The van der Waals surface area contributed by atoms with Gasteiger partial charge in [0.1, 0.15) is 18.3 Å². The molecule has 0 saturated heterocycles. The molecule has 0 bridgehead atoms. The second kappa shape index (κ2) is 13.1. The van der Waals surface area contributed by atoms with Crippen LogP contribution >= 0.6 is 0 Å². The van der Waals surface area contributed by atoms with Gasteiger partial charge in [-0.15, -0.1) is 0 Å². The van der Waals surface area contributed by atoms with Gasteiger partial charge in [0.25, 0.3) is 0 Å². The number of nitrogens with one attached hydrogen (secondary N) is 1. The summed E-state index contributed by atoms with van der Waals surface area (Å²) < 4.78 is 32.2. The standard InChI is InChI=1S/C29H35N3O5S/c1-5-30-29(34)26(19-23-13-7-6-8-14-23)31(20-24-15-11-12-22(2)18-24)28(33)21-32(38(4,35)36)25-16-9-10-17-27(25)37-3/h6-18,26H,5,19-21H2,1-4H3,(H,30,34). The molecule has 3 rings (SSSR count). The second-order valence-corrected chi connectivity index (χ2v) is 11.0. The topological polar surface area (TPSA) is 96.0 Å². The zero-order chi connectivity index (χ0) is 27.7. The number of hydrogen-bond acceptors (Lipinski definition) is 5. The summed E-state index contributed by atoms with van der Waals surface area (Å²) in [6.45, 7) is 3.81. The summed E-state index contributed by atoms with van der Waals surface area (Å²) in [4.78, 5) is 28.8. The molecule has 0 aromatic heterocycles. The monoisotopic (exact) mass is 537 g/mol. The van der Waals surface area contributed by atoms with Crippen molar-refractivity contribution >= 4 is 27.5 Å². The minimum absolute atomic E-state index is 0.138. The molecule has 2 amide bonds. The molecule has 8 nitrogen and oxygen atoms in total. The number of aryl methyl sites for hydroxylation is 1. The molecule has 0 heterocycles. The van der Waals surface area contributed by atoms with Crippen molar-refractivity contribution in [3.05, 3.63) is 95.6 Å². The van der Waals surface area contributed by atoms with Crippen molar-refractivity contribution in [3.63, 3.8) is 0 Å². The van der Waals surface area contributed by atoms with Crippen molar-refractivity contribution in [2.24, 2.45) is 0 Å². The Bertz CT molecular complexity index is 1350. The number of ether oxygens (including phenoxy) is 1. The lowest BCUT2D eigenvalue weighted by Gasteiger charge is -2.33. The number of carbonyl (C=O) groups excluding carboxylic acids is 2. The fourth-order valence-electron chi connectivity index (χ4n) is 4.28. The van der Waals surface area contributed by atoms with E-state index in [4.69, 9.17) is 4.74 Å². The lowest BCUT2D eigenvalue weighted by Crippen LogP contribution is -2.53.